The molecule has 0 saturated carbocycles. The lowest BCUT2D eigenvalue weighted by atomic mass is 10.0. The molecule has 19 heavy (non-hydrogen) atoms. The van der Waals surface area contributed by atoms with Gasteiger partial charge in [0.25, 0.3) is 0 Å². The van der Waals surface area contributed by atoms with Gasteiger partial charge in [-0.2, -0.15) is 0 Å². The topological polar surface area (TPSA) is 83.5 Å². The number of aliphatic hydroxyl groups is 1. The van der Waals surface area contributed by atoms with Gasteiger partial charge in [0.1, 0.15) is 6.04 Å². The molecule has 1 unspecified atom stereocenters. The second kappa shape index (κ2) is 8.85. The van der Waals surface area contributed by atoms with E-state index in [2.05, 4.69) is 19.7 Å². The van der Waals surface area contributed by atoms with Crippen LogP contribution in [0, 0.1) is 0 Å². The van der Waals surface area contributed by atoms with Crippen molar-refractivity contribution in [1.82, 2.24) is 0 Å². The monoisotopic (exact) mass is 261 g/mol. The lowest BCUT2D eigenvalue weighted by Gasteiger charge is -2.03. The Hall–Kier alpha value is -2.17. The summed E-state index contributed by atoms with van der Waals surface area (Å²) < 4.78 is 0. The Balaban J connectivity index is 0.000000399. The van der Waals surface area contributed by atoms with Crippen molar-refractivity contribution in [3.8, 4) is 0 Å². The van der Waals surface area contributed by atoms with Gasteiger partial charge in [-0.1, -0.05) is 56.2 Å². The van der Waals surface area contributed by atoms with E-state index < -0.39 is 18.6 Å². The number of benzene rings is 1. The highest BCUT2D eigenvalue weighted by molar-refractivity contribution is 5.73. The minimum Gasteiger partial charge on any atom is -0.480 e. The van der Waals surface area contributed by atoms with E-state index in [1.165, 1.54) is 0 Å². The molecular weight excluding hydrogens is 242 g/mol. The molecule has 0 bridgehead atoms. The molecule has 0 radical (unpaired) electrons. The highest BCUT2D eigenvalue weighted by Crippen LogP contribution is 2.17. The number of nitrogens with two attached hydrogens (primary N) is 1. The van der Waals surface area contributed by atoms with E-state index in [0.29, 0.717) is 0 Å². The maximum Gasteiger partial charge on any atom is 0.322 e. The van der Waals surface area contributed by atoms with E-state index in [0.717, 1.165) is 16.7 Å². The molecule has 1 rings (SSSR count). The second-order valence-electron chi connectivity index (χ2n) is 3.59. The normalized spacial score (nSPS) is 10.6. The van der Waals surface area contributed by atoms with Crippen molar-refractivity contribution >= 4 is 24.2 Å². The molecule has 0 saturated heterocycles. The maximum atomic E-state index is 9.65. The number of aliphatic hydroxyl groups excluding tert-OH is 1. The van der Waals surface area contributed by atoms with E-state index in [4.69, 9.17) is 15.9 Å². The van der Waals surface area contributed by atoms with Crippen molar-refractivity contribution in [2.24, 2.45) is 5.73 Å². The van der Waals surface area contributed by atoms with Gasteiger partial charge in [0.15, 0.2) is 0 Å². The molecule has 1 aromatic rings. The zero-order chi connectivity index (χ0) is 14.8. The minimum atomic E-state index is -1.18. The van der Waals surface area contributed by atoms with Gasteiger partial charge in [0.2, 0.25) is 0 Å². The SMILES string of the molecule is C=Cc1cccc(C=C)c1C=C.NC(CO)C(=O)O. The lowest BCUT2D eigenvalue weighted by Crippen LogP contribution is -2.33. The molecular formula is C15H19NO3. The summed E-state index contributed by atoms with van der Waals surface area (Å²) in [6, 6.07) is 4.88. The standard InChI is InChI=1S/C12H12.C3H7NO3/c1-4-10-8-7-9-11(5-2)12(10)6-3;4-2(1-5)3(6)7/h4-9H,1-3H2;2,5H,1,4H2,(H,6,7). The molecule has 0 aromatic heterocycles. The fraction of sp³-hybridized carbons (Fsp3) is 0.133. The van der Waals surface area contributed by atoms with Crippen LogP contribution in [0.25, 0.3) is 18.2 Å². The molecule has 0 aliphatic carbocycles. The molecule has 0 spiro atoms. The summed E-state index contributed by atoms with van der Waals surface area (Å²) in [4.78, 5) is 9.65. The summed E-state index contributed by atoms with van der Waals surface area (Å²) in [5, 5.41) is 15.9. The van der Waals surface area contributed by atoms with Crippen LogP contribution in [0.2, 0.25) is 0 Å². The number of hydrogen-bond donors (Lipinski definition) is 3. The summed E-state index contributed by atoms with van der Waals surface area (Å²) in [5.41, 5.74) is 8.06. The highest BCUT2D eigenvalue weighted by Gasteiger charge is 2.07. The fourth-order valence-corrected chi connectivity index (χ4v) is 1.27. The Morgan fingerprint density at radius 1 is 1.21 bits per heavy atom. The average molecular weight is 261 g/mol. The molecule has 1 atom stereocenters. The van der Waals surface area contributed by atoms with Crippen LogP contribution in [0.5, 0.6) is 0 Å². The molecule has 0 aliphatic heterocycles. The number of carbonyl (C=O) groups is 1. The van der Waals surface area contributed by atoms with E-state index in [1.54, 1.807) is 0 Å². The number of carboxylic acid groups (broad SMARTS) is 1. The van der Waals surface area contributed by atoms with Gasteiger partial charge >= 0.3 is 5.97 Å². The van der Waals surface area contributed by atoms with Crippen LogP contribution in [0.1, 0.15) is 16.7 Å². The first-order chi connectivity index (χ1) is 9.01. The van der Waals surface area contributed by atoms with E-state index in [-0.39, 0.29) is 0 Å². The summed E-state index contributed by atoms with van der Waals surface area (Å²) in [5.74, 6) is -1.18. The van der Waals surface area contributed by atoms with Crippen LogP contribution >= 0.6 is 0 Å². The summed E-state index contributed by atoms with van der Waals surface area (Å²) in [6.07, 6.45) is 5.47. The predicted octanol–water partition coefficient (Wildman–Crippen LogP) is 2.01. The van der Waals surface area contributed by atoms with Crippen molar-refractivity contribution in [2.45, 2.75) is 6.04 Å². The molecule has 102 valence electrons. The summed E-state index contributed by atoms with van der Waals surface area (Å²) in [6.45, 7) is 10.7. The van der Waals surface area contributed by atoms with Crippen LogP contribution in [0.3, 0.4) is 0 Å². The first kappa shape index (κ1) is 16.8. The van der Waals surface area contributed by atoms with Gasteiger partial charge in [-0.25, -0.2) is 0 Å². The van der Waals surface area contributed by atoms with Crippen LogP contribution < -0.4 is 5.73 Å². The number of carboxylic acids is 1. The maximum absolute atomic E-state index is 9.65. The number of hydrogen-bond acceptors (Lipinski definition) is 3. The molecule has 0 heterocycles. The van der Waals surface area contributed by atoms with Gasteiger partial charge < -0.3 is 15.9 Å². The third-order valence-electron chi connectivity index (χ3n) is 2.33. The summed E-state index contributed by atoms with van der Waals surface area (Å²) in [7, 11) is 0. The van der Waals surface area contributed by atoms with E-state index in [1.807, 2.05) is 36.4 Å². The largest absolute Gasteiger partial charge is 0.480 e. The zero-order valence-corrected chi connectivity index (χ0v) is 10.7. The van der Waals surface area contributed by atoms with Gasteiger partial charge in [0.05, 0.1) is 6.61 Å². The van der Waals surface area contributed by atoms with Crippen molar-refractivity contribution in [3.63, 3.8) is 0 Å². The van der Waals surface area contributed by atoms with E-state index in [9.17, 15) is 4.79 Å². The Kier molecular flexibility index (Phi) is 7.84. The fourth-order valence-electron chi connectivity index (χ4n) is 1.27. The molecule has 0 amide bonds. The van der Waals surface area contributed by atoms with Crippen LogP contribution in [-0.2, 0) is 4.79 Å². The quantitative estimate of drug-likeness (QED) is 0.757. The summed E-state index contributed by atoms with van der Waals surface area (Å²) >= 11 is 0. The number of aliphatic carboxylic acids is 1. The van der Waals surface area contributed by atoms with Crippen LogP contribution in [0.4, 0.5) is 0 Å². The van der Waals surface area contributed by atoms with Crippen molar-refractivity contribution < 1.29 is 15.0 Å². The molecule has 0 fully saturated rings. The van der Waals surface area contributed by atoms with Gasteiger partial charge in [0, 0.05) is 0 Å². The Bertz CT molecular complexity index is 440. The average Bonchev–Trinajstić information content (AvgIpc) is 2.45. The van der Waals surface area contributed by atoms with Crippen molar-refractivity contribution in [1.29, 1.82) is 0 Å². The predicted molar refractivity (Wildman–Crippen MR) is 79.4 cm³/mol. The second-order valence-corrected chi connectivity index (χ2v) is 3.59. The molecule has 4 N–H and O–H groups in total. The first-order valence-electron chi connectivity index (χ1n) is 5.61. The molecule has 0 aliphatic rings. The first-order valence-corrected chi connectivity index (χ1v) is 5.61. The highest BCUT2D eigenvalue weighted by atomic mass is 16.4. The molecule has 1 aromatic carbocycles. The Morgan fingerprint density at radius 2 is 1.68 bits per heavy atom. The molecule has 4 nitrogen and oxygen atoms in total. The molecule has 4 heteroatoms. The zero-order valence-electron chi connectivity index (χ0n) is 10.7. The third-order valence-corrected chi connectivity index (χ3v) is 2.33. The van der Waals surface area contributed by atoms with Crippen molar-refractivity contribution in [2.75, 3.05) is 6.61 Å². The Labute approximate surface area is 113 Å². The van der Waals surface area contributed by atoms with Crippen LogP contribution in [-0.4, -0.2) is 28.8 Å². The van der Waals surface area contributed by atoms with Crippen molar-refractivity contribution in [3.05, 3.63) is 54.6 Å². The smallest absolute Gasteiger partial charge is 0.322 e. The van der Waals surface area contributed by atoms with Gasteiger partial charge in [-0.3, -0.25) is 4.79 Å². The number of rotatable bonds is 5. The van der Waals surface area contributed by atoms with Gasteiger partial charge in [-0.05, 0) is 16.7 Å². The van der Waals surface area contributed by atoms with Gasteiger partial charge in [-0.15, -0.1) is 0 Å². The minimum absolute atomic E-state index is 0.505. The van der Waals surface area contributed by atoms with Crippen LogP contribution in [0.15, 0.2) is 37.9 Å². The lowest BCUT2D eigenvalue weighted by molar-refractivity contribution is -0.139. The third kappa shape index (κ3) is 5.33. The van der Waals surface area contributed by atoms with E-state index >= 15 is 0 Å². The Morgan fingerprint density at radius 3 is 1.89 bits per heavy atom.